The molecule has 36 heavy (non-hydrogen) atoms. The van der Waals surface area contributed by atoms with Crippen molar-refractivity contribution in [2.75, 3.05) is 13.1 Å². The van der Waals surface area contributed by atoms with Crippen LogP contribution in [0.2, 0.25) is 0 Å². The highest BCUT2D eigenvalue weighted by Crippen LogP contribution is 2.41. The number of fused-ring (bicyclic) bond motifs is 5. The normalized spacial score (nSPS) is 21.6. The molecule has 1 atom stereocenters. The fraction of sp³-hybridized carbons (Fsp3) is 0.464. The highest BCUT2D eigenvalue weighted by atomic mass is 19.1. The van der Waals surface area contributed by atoms with Crippen LogP contribution in [0.4, 0.5) is 4.39 Å². The van der Waals surface area contributed by atoms with Crippen molar-refractivity contribution in [3.8, 4) is 11.4 Å². The first-order chi connectivity index (χ1) is 17.3. The van der Waals surface area contributed by atoms with Crippen LogP contribution in [0, 0.1) is 12.7 Å². The van der Waals surface area contributed by atoms with Crippen molar-refractivity contribution in [1.29, 1.82) is 0 Å². The second kappa shape index (κ2) is 8.49. The van der Waals surface area contributed by atoms with Crippen molar-refractivity contribution < 1.29 is 19.0 Å². The molecule has 0 bridgehead atoms. The maximum atomic E-state index is 14.6. The predicted molar refractivity (Wildman–Crippen MR) is 133 cm³/mol. The number of benzene rings is 1. The molecule has 2 aromatic heterocycles. The number of hydrogen-bond donors (Lipinski definition) is 1. The molecule has 1 aromatic carbocycles. The van der Waals surface area contributed by atoms with E-state index >= 15 is 0 Å². The molecule has 6 rings (SSSR count). The third-order valence-electron chi connectivity index (χ3n) is 8.17. The maximum absolute atomic E-state index is 14.6. The van der Waals surface area contributed by atoms with Gasteiger partial charge in [-0.2, -0.15) is 0 Å². The Labute approximate surface area is 208 Å². The SMILES string of the molecule is CCC1(O)CC(=O)OCc2c1cc1n(c2=O)Cc2c-1nc1cc(F)c(C)cc1c2CN1CCCCC1. The fourth-order valence-electron chi connectivity index (χ4n) is 6.01. The van der Waals surface area contributed by atoms with Crippen LogP contribution in [0.5, 0.6) is 0 Å². The van der Waals surface area contributed by atoms with Gasteiger partial charge in [0, 0.05) is 23.6 Å². The van der Waals surface area contributed by atoms with Crippen LogP contribution < -0.4 is 5.56 Å². The fourth-order valence-corrected chi connectivity index (χ4v) is 6.01. The molecule has 1 N–H and O–H groups in total. The lowest BCUT2D eigenvalue weighted by atomic mass is 9.85. The lowest BCUT2D eigenvalue weighted by Crippen LogP contribution is -2.32. The first-order valence-electron chi connectivity index (χ1n) is 12.8. The number of aromatic nitrogens is 2. The predicted octanol–water partition coefficient (Wildman–Crippen LogP) is 3.90. The van der Waals surface area contributed by atoms with Crippen LogP contribution in [-0.2, 0) is 34.8 Å². The Morgan fingerprint density at radius 2 is 1.92 bits per heavy atom. The Hall–Kier alpha value is -3.10. The maximum Gasteiger partial charge on any atom is 0.309 e. The summed E-state index contributed by atoms with van der Waals surface area (Å²) in [6, 6.07) is 5.14. The minimum absolute atomic E-state index is 0.160. The summed E-state index contributed by atoms with van der Waals surface area (Å²) in [6.45, 7) is 6.46. The van der Waals surface area contributed by atoms with E-state index in [2.05, 4.69) is 4.90 Å². The van der Waals surface area contributed by atoms with Gasteiger partial charge >= 0.3 is 5.97 Å². The average Bonchev–Trinajstić information content (AvgIpc) is 3.17. The molecule has 1 unspecified atom stereocenters. The Bertz CT molecular complexity index is 1470. The van der Waals surface area contributed by atoms with Gasteiger partial charge in [0.1, 0.15) is 18.0 Å². The van der Waals surface area contributed by atoms with Gasteiger partial charge in [-0.05, 0) is 68.1 Å². The van der Waals surface area contributed by atoms with Crippen molar-refractivity contribution in [1.82, 2.24) is 14.5 Å². The van der Waals surface area contributed by atoms with E-state index in [1.807, 2.05) is 6.07 Å². The zero-order valence-corrected chi connectivity index (χ0v) is 20.7. The number of aliphatic hydroxyl groups is 1. The number of likely N-dealkylation sites (tertiary alicyclic amines) is 1. The van der Waals surface area contributed by atoms with Gasteiger partial charge in [0.05, 0.1) is 35.4 Å². The summed E-state index contributed by atoms with van der Waals surface area (Å²) < 4.78 is 21.6. The Morgan fingerprint density at radius 3 is 2.67 bits per heavy atom. The van der Waals surface area contributed by atoms with Gasteiger partial charge in [0.25, 0.3) is 5.56 Å². The lowest BCUT2D eigenvalue weighted by Gasteiger charge is -2.28. The van der Waals surface area contributed by atoms with E-state index in [0.29, 0.717) is 46.7 Å². The molecule has 3 aromatic rings. The van der Waals surface area contributed by atoms with Crippen LogP contribution in [0.25, 0.3) is 22.3 Å². The Kier molecular flexibility index (Phi) is 5.50. The van der Waals surface area contributed by atoms with E-state index in [1.165, 1.54) is 12.5 Å². The molecule has 0 saturated carbocycles. The molecule has 0 aliphatic carbocycles. The number of rotatable bonds is 3. The molecular weight excluding hydrogens is 461 g/mol. The first kappa shape index (κ1) is 23.3. The lowest BCUT2D eigenvalue weighted by molar-refractivity contribution is -0.149. The van der Waals surface area contributed by atoms with Crippen molar-refractivity contribution in [3.63, 3.8) is 0 Å². The molecule has 0 amide bonds. The Morgan fingerprint density at radius 1 is 1.14 bits per heavy atom. The highest BCUT2D eigenvalue weighted by molar-refractivity contribution is 5.88. The molecule has 8 heteroatoms. The summed E-state index contributed by atoms with van der Waals surface area (Å²) in [5.41, 5.74) is 3.38. The number of hydrogen-bond acceptors (Lipinski definition) is 6. The van der Waals surface area contributed by atoms with E-state index in [1.54, 1.807) is 24.5 Å². The number of cyclic esters (lactones) is 1. The number of carbonyl (C=O) groups excluding carboxylic acids is 1. The molecule has 7 nitrogen and oxygen atoms in total. The quantitative estimate of drug-likeness (QED) is 0.438. The van der Waals surface area contributed by atoms with E-state index in [9.17, 15) is 19.1 Å². The van der Waals surface area contributed by atoms with Crippen LogP contribution >= 0.6 is 0 Å². The van der Waals surface area contributed by atoms with E-state index in [0.717, 1.165) is 42.4 Å². The zero-order chi connectivity index (χ0) is 25.2. The average molecular weight is 492 g/mol. The minimum Gasteiger partial charge on any atom is -0.460 e. The zero-order valence-electron chi connectivity index (χ0n) is 20.7. The number of aryl methyl sites for hydroxylation is 1. The molecule has 5 heterocycles. The molecule has 0 radical (unpaired) electrons. The summed E-state index contributed by atoms with van der Waals surface area (Å²) in [4.78, 5) is 33.2. The molecule has 1 fully saturated rings. The van der Waals surface area contributed by atoms with Crippen molar-refractivity contribution in [2.45, 2.75) is 71.2 Å². The van der Waals surface area contributed by atoms with Gasteiger partial charge in [0.15, 0.2) is 0 Å². The second-order valence-corrected chi connectivity index (χ2v) is 10.4. The van der Waals surface area contributed by atoms with E-state index in [-0.39, 0.29) is 30.8 Å². The monoisotopic (exact) mass is 491 g/mol. The molecule has 188 valence electrons. The number of nitrogens with zero attached hydrogens (tertiary/aromatic N) is 3. The molecule has 3 aliphatic heterocycles. The Balaban J connectivity index is 1.59. The van der Waals surface area contributed by atoms with E-state index in [4.69, 9.17) is 9.72 Å². The van der Waals surface area contributed by atoms with Gasteiger partial charge in [-0.3, -0.25) is 14.5 Å². The summed E-state index contributed by atoms with van der Waals surface area (Å²) in [5.74, 6) is -0.841. The molecular formula is C28H30FN3O4. The van der Waals surface area contributed by atoms with Gasteiger partial charge in [-0.25, -0.2) is 9.37 Å². The summed E-state index contributed by atoms with van der Waals surface area (Å²) >= 11 is 0. The molecule has 3 aliphatic rings. The number of ether oxygens (including phenoxy) is 1. The number of carbonyl (C=O) groups is 1. The number of esters is 1. The largest absolute Gasteiger partial charge is 0.460 e. The first-order valence-corrected chi connectivity index (χ1v) is 12.8. The van der Waals surface area contributed by atoms with Gasteiger partial charge in [0.2, 0.25) is 0 Å². The summed E-state index contributed by atoms with van der Waals surface area (Å²) in [7, 11) is 0. The third kappa shape index (κ3) is 3.58. The standard InChI is InChI=1S/C28H30FN3O4/c1-3-28(35)12-25(33)36-15-20-21(28)10-24-26-19(14-32(24)27(20)34)18(13-31-7-5-4-6-8-31)17-9-16(2)22(29)11-23(17)30-26/h9-11,35H,3-8,12-15H2,1-2H3. The number of piperidine rings is 1. The highest BCUT2D eigenvalue weighted by Gasteiger charge is 2.40. The van der Waals surface area contributed by atoms with Crippen molar-refractivity contribution in [3.05, 3.63) is 62.2 Å². The van der Waals surface area contributed by atoms with Crippen LogP contribution in [0.15, 0.2) is 23.0 Å². The van der Waals surface area contributed by atoms with Crippen molar-refractivity contribution >= 4 is 16.9 Å². The number of pyridine rings is 2. The van der Waals surface area contributed by atoms with Gasteiger partial charge in [-0.1, -0.05) is 13.3 Å². The van der Waals surface area contributed by atoms with Crippen LogP contribution in [0.3, 0.4) is 0 Å². The smallest absolute Gasteiger partial charge is 0.309 e. The number of halogens is 1. The summed E-state index contributed by atoms with van der Waals surface area (Å²) in [6.07, 6.45) is 3.59. The van der Waals surface area contributed by atoms with Crippen molar-refractivity contribution in [2.24, 2.45) is 0 Å². The van der Waals surface area contributed by atoms with E-state index < -0.39 is 11.6 Å². The van der Waals surface area contributed by atoms with Crippen LogP contribution in [-0.4, -0.2) is 38.6 Å². The topological polar surface area (TPSA) is 84.7 Å². The van der Waals surface area contributed by atoms with Crippen LogP contribution in [0.1, 0.15) is 66.8 Å². The molecule has 1 saturated heterocycles. The third-order valence-corrected chi connectivity index (χ3v) is 8.17. The molecule has 0 spiro atoms. The minimum atomic E-state index is -1.49. The van der Waals surface area contributed by atoms with Gasteiger partial charge < -0.3 is 14.4 Å². The summed E-state index contributed by atoms with van der Waals surface area (Å²) in [5, 5.41) is 12.3. The van der Waals surface area contributed by atoms with Gasteiger partial charge in [-0.15, -0.1) is 0 Å². The second-order valence-electron chi connectivity index (χ2n) is 10.4.